The highest BCUT2D eigenvalue weighted by Crippen LogP contribution is 2.35. The summed E-state index contributed by atoms with van der Waals surface area (Å²) >= 11 is 1.42. The SMILES string of the molecule is O=C(c1csc(Nc2ccc3c(c2)OCO3)n1)N1CCCC1. The molecule has 1 saturated heterocycles. The molecular formula is C15H15N3O3S. The van der Waals surface area contributed by atoms with E-state index in [0.717, 1.165) is 43.1 Å². The Morgan fingerprint density at radius 2 is 2.05 bits per heavy atom. The first-order valence-electron chi connectivity index (χ1n) is 7.21. The van der Waals surface area contributed by atoms with Crippen LogP contribution in [0, 0.1) is 0 Å². The van der Waals surface area contributed by atoms with Gasteiger partial charge >= 0.3 is 0 Å². The molecule has 1 amide bonds. The number of nitrogens with one attached hydrogen (secondary N) is 1. The summed E-state index contributed by atoms with van der Waals surface area (Å²) in [5, 5.41) is 5.70. The van der Waals surface area contributed by atoms with E-state index in [2.05, 4.69) is 10.3 Å². The maximum atomic E-state index is 12.3. The lowest BCUT2D eigenvalue weighted by Gasteiger charge is -2.12. The number of nitrogens with zero attached hydrogens (tertiary/aromatic N) is 2. The second kappa shape index (κ2) is 5.49. The first-order valence-corrected chi connectivity index (χ1v) is 8.09. The van der Waals surface area contributed by atoms with Crippen molar-refractivity contribution in [3.05, 3.63) is 29.3 Å². The molecule has 0 radical (unpaired) electrons. The average Bonchev–Trinajstić information content (AvgIpc) is 3.27. The summed E-state index contributed by atoms with van der Waals surface area (Å²) < 4.78 is 10.6. The lowest BCUT2D eigenvalue weighted by molar-refractivity contribution is 0.0788. The van der Waals surface area contributed by atoms with Crippen LogP contribution in [0.4, 0.5) is 10.8 Å². The number of rotatable bonds is 3. The van der Waals surface area contributed by atoms with Gasteiger partial charge in [0.1, 0.15) is 5.69 Å². The lowest BCUT2D eigenvalue weighted by Crippen LogP contribution is -2.27. The van der Waals surface area contributed by atoms with Crippen LogP contribution >= 0.6 is 11.3 Å². The highest BCUT2D eigenvalue weighted by Gasteiger charge is 2.22. The Bertz CT molecular complexity index is 710. The minimum atomic E-state index is 0.0208. The second-order valence-corrected chi connectivity index (χ2v) is 6.09. The van der Waals surface area contributed by atoms with Crippen molar-refractivity contribution in [3.63, 3.8) is 0 Å². The van der Waals surface area contributed by atoms with E-state index in [4.69, 9.17) is 9.47 Å². The topological polar surface area (TPSA) is 63.7 Å². The van der Waals surface area contributed by atoms with E-state index in [1.807, 2.05) is 23.1 Å². The predicted octanol–water partition coefficient (Wildman–Crippen LogP) is 2.85. The zero-order valence-electron chi connectivity index (χ0n) is 11.9. The summed E-state index contributed by atoms with van der Waals surface area (Å²) in [5.74, 6) is 1.48. The van der Waals surface area contributed by atoms with Gasteiger partial charge in [-0.25, -0.2) is 4.98 Å². The molecular weight excluding hydrogens is 302 g/mol. The van der Waals surface area contributed by atoms with Crippen LogP contribution in [0.1, 0.15) is 23.3 Å². The molecule has 1 N–H and O–H groups in total. The van der Waals surface area contributed by atoms with Crippen LogP contribution < -0.4 is 14.8 Å². The second-order valence-electron chi connectivity index (χ2n) is 5.23. The quantitative estimate of drug-likeness (QED) is 0.943. The van der Waals surface area contributed by atoms with Crippen molar-refractivity contribution in [2.45, 2.75) is 12.8 Å². The molecule has 2 aromatic rings. The van der Waals surface area contributed by atoms with Crippen LogP contribution in [0.5, 0.6) is 11.5 Å². The Labute approximate surface area is 131 Å². The van der Waals surface area contributed by atoms with E-state index in [9.17, 15) is 4.79 Å². The summed E-state index contributed by atoms with van der Waals surface area (Å²) in [6, 6.07) is 5.62. The van der Waals surface area contributed by atoms with E-state index in [0.29, 0.717) is 10.8 Å². The van der Waals surface area contributed by atoms with E-state index in [1.54, 1.807) is 5.38 Å². The number of fused-ring (bicyclic) bond motifs is 1. The van der Waals surface area contributed by atoms with E-state index >= 15 is 0 Å². The number of amides is 1. The first kappa shape index (κ1) is 13.4. The molecule has 2 aliphatic heterocycles. The predicted molar refractivity (Wildman–Crippen MR) is 83.1 cm³/mol. The minimum Gasteiger partial charge on any atom is -0.454 e. The summed E-state index contributed by atoms with van der Waals surface area (Å²) in [6.07, 6.45) is 2.16. The molecule has 1 aromatic heterocycles. The fourth-order valence-electron chi connectivity index (χ4n) is 2.61. The molecule has 0 saturated carbocycles. The van der Waals surface area contributed by atoms with Gasteiger partial charge in [-0.2, -0.15) is 0 Å². The number of likely N-dealkylation sites (tertiary alicyclic amines) is 1. The third kappa shape index (κ3) is 2.48. The van der Waals surface area contributed by atoms with Crippen LogP contribution in [0.3, 0.4) is 0 Å². The van der Waals surface area contributed by atoms with Crippen LogP contribution in [-0.2, 0) is 0 Å². The van der Waals surface area contributed by atoms with Crippen LogP contribution in [-0.4, -0.2) is 35.7 Å². The first-order chi connectivity index (χ1) is 10.8. The Balaban J connectivity index is 1.48. The van der Waals surface area contributed by atoms with Gasteiger partial charge < -0.3 is 19.7 Å². The molecule has 3 heterocycles. The zero-order chi connectivity index (χ0) is 14.9. The standard InChI is InChI=1S/C15H15N3O3S/c19-14(18-5-1-2-6-18)11-8-22-15(17-11)16-10-3-4-12-13(7-10)21-9-20-12/h3-4,7-8H,1-2,5-6,9H2,(H,16,17). The van der Waals surface area contributed by atoms with Crippen molar-refractivity contribution >= 4 is 28.1 Å². The van der Waals surface area contributed by atoms with Gasteiger partial charge in [0.15, 0.2) is 16.6 Å². The number of hydrogen-bond donors (Lipinski definition) is 1. The fraction of sp³-hybridized carbons (Fsp3) is 0.333. The van der Waals surface area contributed by atoms with Gasteiger partial charge in [-0.3, -0.25) is 4.79 Å². The number of hydrogen-bond acceptors (Lipinski definition) is 6. The molecule has 22 heavy (non-hydrogen) atoms. The number of carbonyl (C=O) groups is 1. The monoisotopic (exact) mass is 317 g/mol. The highest BCUT2D eigenvalue weighted by atomic mass is 32.1. The molecule has 114 valence electrons. The molecule has 0 spiro atoms. The smallest absolute Gasteiger partial charge is 0.273 e. The van der Waals surface area contributed by atoms with Gasteiger partial charge in [0, 0.05) is 30.2 Å². The molecule has 2 aliphatic rings. The summed E-state index contributed by atoms with van der Waals surface area (Å²) in [6.45, 7) is 1.92. The van der Waals surface area contributed by atoms with Crippen molar-refractivity contribution in [1.82, 2.24) is 9.88 Å². The number of anilines is 2. The number of benzene rings is 1. The highest BCUT2D eigenvalue weighted by molar-refractivity contribution is 7.14. The maximum absolute atomic E-state index is 12.3. The molecule has 0 aliphatic carbocycles. The normalized spacial score (nSPS) is 16.1. The van der Waals surface area contributed by atoms with Crippen LogP contribution in [0.2, 0.25) is 0 Å². The minimum absolute atomic E-state index is 0.0208. The van der Waals surface area contributed by atoms with Crippen molar-refractivity contribution in [2.24, 2.45) is 0 Å². The summed E-state index contributed by atoms with van der Waals surface area (Å²) in [4.78, 5) is 18.5. The van der Waals surface area contributed by atoms with Crippen LogP contribution in [0.15, 0.2) is 23.6 Å². The van der Waals surface area contributed by atoms with Gasteiger partial charge in [-0.05, 0) is 25.0 Å². The zero-order valence-corrected chi connectivity index (χ0v) is 12.7. The van der Waals surface area contributed by atoms with Gasteiger partial charge in [-0.15, -0.1) is 11.3 Å². The number of thiazole rings is 1. The molecule has 4 rings (SSSR count). The Morgan fingerprint density at radius 1 is 1.23 bits per heavy atom. The van der Waals surface area contributed by atoms with E-state index in [1.165, 1.54) is 11.3 Å². The van der Waals surface area contributed by atoms with Gasteiger partial charge in [0.25, 0.3) is 5.91 Å². The van der Waals surface area contributed by atoms with Crippen molar-refractivity contribution in [1.29, 1.82) is 0 Å². The molecule has 1 aromatic carbocycles. The Kier molecular flexibility index (Phi) is 3.34. The van der Waals surface area contributed by atoms with E-state index in [-0.39, 0.29) is 12.7 Å². The maximum Gasteiger partial charge on any atom is 0.273 e. The van der Waals surface area contributed by atoms with Gasteiger partial charge in [0.05, 0.1) is 0 Å². The Hall–Kier alpha value is -2.28. The van der Waals surface area contributed by atoms with Crippen molar-refractivity contribution in [3.8, 4) is 11.5 Å². The largest absolute Gasteiger partial charge is 0.454 e. The van der Waals surface area contributed by atoms with Gasteiger partial charge in [0.2, 0.25) is 6.79 Å². The molecule has 7 heteroatoms. The molecule has 0 atom stereocenters. The fourth-order valence-corrected chi connectivity index (χ4v) is 3.31. The van der Waals surface area contributed by atoms with Crippen molar-refractivity contribution < 1.29 is 14.3 Å². The third-order valence-electron chi connectivity index (χ3n) is 3.74. The third-order valence-corrected chi connectivity index (χ3v) is 4.50. The molecule has 0 unspecified atom stereocenters. The number of carbonyl (C=O) groups excluding carboxylic acids is 1. The molecule has 6 nitrogen and oxygen atoms in total. The lowest BCUT2D eigenvalue weighted by atomic mass is 10.3. The summed E-state index contributed by atoms with van der Waals surface area (Å²) in [7, 11) is 0. The number of ether oxygens (including phenoxy) is 2. The molecule has 1 fully saturated rings. The van der Waals surface area contributed by atoms with Crippen LogP contribution in [0.25, 0.3) is 0 Å². The number of aromatic nitrogens is 1. The Morgan fingerprint density at radius 3 is 2.91 bits per heavy atom. The van der Waals surface area contributed by atoms with Gasteiger partial charge in [-0.1, -0.05) is 0 Å². The average molecular weight is 317 g/mol. The molecule has 0 bridgehead atoms. The van der Waals surface area contributed by atoms with E-state index < -0.39 is 0 Å². The summed E-state index contributed by atoms with van der Waals surface area (Å²) in [5.41, 5.74) is 1.37. The van der Waals surface area contributed by atoms with Crippen molar-refractivity contribution in [2.75, 3.05) is 25.2 Å².